The van der Waals surface area contributed by atoms with Crippen LogP contribution in [0.4, 0.5) is 0 Å². The van der Waals surface area contributed by atoms with Crippen LogP contribution in [0.5, 0.6) is 0 Å². The van der Waals surface area contributed by atoms with Gasteiger partial charge in [0.15, 0.2) is 6.21 Å². The molecule has 0 amide bonds. The first kappa shape index (κ1) is 8.16. The van der Waals surface area contributed by atoms with E-state index < -0.39 is 11.9 Å². The minimum atomic E-state index is -0.487. The molecule has 0 aromatic heterocycles. The Labute approximate surface area is 75.5 Å². The summed E-state index contributed by atoms with van der Waals surface area (Å²) in [4.78, 5) is 22.2. The molecule has 0 radical (unpaired) electrons. The summed E-state index contributed by atoms with van der Waals surface area (Å²) in [6.45, 7) is 1.91. The maximum Gasteiger partial charge on any atom is 0.348 e. The molecule has 0 saturated carbocycles. The highest BCUT2D eigenvalue weighted by Crippen LogP contribution is 2.27. The van der Waals surface area contributed by atoms with Crippen molar-refractivity contribution in [1.29, 1.82) is 0 Å². The predicted octanol–water partition coefficient (Wildman–Crippen LogP) is 0.0768. The highest BCUT2D eigenvalue weighted by atomic mass is 16.6. The molecule has 0 fully saturated rings. The van der Waals surface area contributed by atoms with E-state index in [1.54, 1.807) is 0 Å². The lowest BCUT2D eigenvalue weighted by atomic mass is 10.0. The molecule has 1 unspecified atom stereocenters. The summed E-state index contributed by atoms with van der Waals surface area (Å²) in [5.74, 6) is -0.891. The number of hydrogen-bond donors (Lipinski definition) is 0. The monoisotopic (exact) mass is 180 g/mol. The number of carbonyl (C=O) groups is 2. The van der Waals surface area contributed by atoms with Crippen molar-refractivity contribution in [3.05, 3.63) is 11.3 Å². The van der Waals surface area contributed by atoms with E-state index in [9.17, 15) is 9.59 Å². The number of esters is 2. The van der Waals surface area contributed by atoms with E-state index in [2.05, 4.69) is 4.74 Å². The van der Waals surface area contributed by atoms with Crippen LogP contribution in [0.2, 0.25) is 0 Å². The molecule has 0 saturated heterocycles. The van der Waals surface area contributed by atoms with Crippen LogP contribution in [-0.4, -0.2) is 29.8 Å². The van der Waals surface area contributed by atoms with Crippen LogP contribution in [-0.2, 0) is 14.3 Å². The second-order valence-corrected chi connectivity index (χ2v) is 3.35. The molecule has 68 valence electrons. The van der Waals surface area contributed by atoms with Gasteiger partial charge < -0.3 is 4.74 Å². The van der Waals surface area contributed by atoms with Crippen molar-refractivity contribution in [2.75, 3.05) is 7.05 Å². The van der Waals surface area contributed by atoms with Gasteiger partial charge in [-0.2, -0.15) is 0 Å². The van der Waals surface area contributed by atoms with E-state index in [1.165, 1.54) is 0 Å². The predicted molar refractivity (Wildman–Crippen MR) is 44.2 cm³/mol. The normalized spacial score (nSPS) is 27.2. The van der Waals surface area contributed by atoms with Crippen LogP contribution in [0.15, 0.2) is 11.3 Å². The van der Waals surface area contributed by atoms with E-state index in [-0.39, 0.29) is 12.3 Å². The maximum absolute atomic E-state index is 11.3. The second kappa shape index (κ2) is 2.52. The third-order valence-corrected chi connectivity index (χ3v) is 2.38. The second-order valence-electron chi connectivity index (χ2n) is 3.35. The van der Waals surface area contributed by atoms with Crippen LogP contribution < -0.4 is 0 Å². The largest absolute Gasteiger partial charge is 0.389 e. The lowest BCUT2D eigenvalue weighted by molar-refractivity contribution is -0.438. The lowest BCUT2D eigenvalue weighted by Gasteiger charge is -2.10. The molecule has 4 nitrogen and oxygen atoms in total. The standard InChI is InChI=1S/C9H10NO3/c1-5-4-10(2)6-3-7(11)13-9(12)8(5)6/h4-5H,3H2,1-2H3/q+1. The molecule has 2 heterocycles. The quantitative estimate of drug-likeness (QED) is 0.301. The van der Waals surface area contributed by atoms with E-state index >= 15 is 0 Å². The van der Waals surface area contributed by atoms with E-state index in [0.717, 1.165) is 5.70 Å². The third kappa shape index (κ3) is 1.09. The SMILES string of the molecule is CC1C=[N+](C)C2=C1C(=O)OC(=O)C2. The summed E-state index contributed by atoms with van der Waals surface area (Å²) < 4.78 is 6.37. The summed E-state index contributed by atoms with van der Waals surface area (Å²) in [5, 5.41) is 0. The minimum absolute atomic E-state index is 0.0561. The molecular formula is C9H10NO3+. The van der Waals surface area contributed by atoms with Gasteiger partial charge in [0, 0.05) is 0 Å². The number of rotatable bonds is 0. The summed E-state index contributed by atoms with van der Waals surface area (Å²) >= 11 is 0. The molecule has 13 heavy (non-hydrogen) atoms. The Bertz CT molecular complexity index is 365. The fraction of sp³-hybridized carbons (Fsp3) is 0.444. The molecule has 0 aromatic rings. The molecule has 2 aliphatic heterocycles. The molecule has 4 heteroatoms. The van der Waals surface area contributed by atoms with E-state index in [0.29, 0.717) is 5.57 Å². The van der Waals surface area contributed by atoms with Gasteiger partial charge in [0.1, 0.15) is 19.0 Å². The molecule has 0 aliphatic carbocycles. The van der Waals surface area contributed by atoms with Crippen LogP contribution >= 0.6 is 0 Å². The first-order valence-corrected chi connectivity index (χ1v) is 4.15. The summed E-state index contributed by atoms with van der Waals surface area (Å²) in [6, 6.07) is 0. The summed E-state index contributed by atoms with van der Waals surface area (Å²) in [5.41, 5.74) is 1.41. The highest BCUT2D eigenvalue weighted by Gasteiger charge is 2.40. The van der Waals surface area contributed by atoms with E-state index in [1.807, 2.05) is 24.8 Å². The van der Waals surface area contributed by atoms with Crippen molar-refractivity contribution in [1.82, 2.24) is 0 Å². The summed E-state index contributed by atoms with van der Waals surface area (Å²) in [6.07, 6.45) is 2.11. The fourth-order valence-electron chi connectivity index (χ4n) is 1.81. The average molecular weight is 180 g/mol. The van der Waals surface area contributed by atoms with Crippen LogP contribution in [0, 0.1) is 5.92 Å². The molecular weight excluding hydrogens is 170 g/mol. The number of cyclic esters (lactones) is 2. The maximum atomic E-state index is 11.3. The Morgan fingerprint density at radius 3 is 2.92 bits per heavy atom. The van der Waals surface area contributed by atoms with Crippen LogP contribution in [0.1, 0.15) is 13.3 Å². The highest BCUT2D eigenvalue weighted by molar-refractivity contribution is 6.03. The Morgan fingerprint density at radius 2 is 2.23 bits per heavy atom. The average Bonchev–Trinajstić information content (AvgIpc) is 2.27. The fourth-order valence-corrected chi connectivity index (χ4v) is 1.81. The van der Waals surface area contributed by atoms with Gasteiger partial charge in [0.2, 0.25) is 5.70 Å². The zero-order valence-corrected chi connectivity index (χ0v) is 7.53. The van der Waals surface area contributed by atoms with Gasteiger partial charge in [-0.3, -0.25) is 4.79 Å². The van der Waals surface area contributed by atoms with Crippen molar-refractivity contribution in [2.24, 2.45) is 5.92 Å². The zero-order chi connectivity index (χ0) is 9.59. The van der Waals surface area contributed by atoms with Gasteiger partial charge in [-0.15, -0.1) is 0 Å². The number of ether oxygens (including phenoxy) is 1. The lowest BCUT2D eigenvalue weighted by Crippen LogP contribution is -2.24. The van der Waals surface area contributed by atoms with Gasteiger partial charge in [-0.25, -0.2) is 9.37 Å². The van der Waals surface area contributed by atoms with Crippen molar-refractivity contribution in [3.63, 3.8) is 0 Å². The Kier molecular flexibility index (Phi) is 1.58. The molecule has 1 atom stereocenters. The summed E-state index contributed by atoms with van der Waals surface area (Å²) in [7, 11) is 1.84. The van der Waals surface area contributed by atoms with Crippen molar-refractivity contribution < 1.29 is 18.9 Å². The van der Waals surface area contributed by atoms with Gasteiger partial charge >= 0.3 is 11.9 Å². The third-order valence-electron chi connectivity index (χ3n) is 2.38. The molecule has 2 aliphatic rings. The van der Waals surface area contributed by atoms with Crippen molar-refractivity contribution >= 4 is 18.2 Å². The molecule has 0 bridgehead atoms. The number of nitrogens with zero attached hydrogens (tertiary/aromatic N) is 1. The first-order valence-electron chi connectivity index (χ1n) is 4.15. The Morgan fingerprint density at radius 1 is 1.54 bits per heavy atom. The molecule has 0 aromatic carbocycles. The van der Waals surface area contributed by atoms with E-state index in [4.69, 9.17) is 0 Å². The Hall–Kier alpha value is -1.45. The number of hydrogen-bond acceptors (Lipinski definition) is 3. The van der Waals surface area contributed by atoms with Crippen molar-refractivity contribution in [3.8, 4) is 0 Å². The van der Waals surface area contributed by atoms with Gasteiger partial charge in [-0.1, -0.05) is 0 Å². The Balaban J connectivity index is 2.48. The first-order chi connectivity index (χ1) is 6.09. The zero-order valence-electron chi connectivity index (χ0n) is 7.53. The molecule has 0 spiro atoms. The molecule has 0 N–H and O–H groups in total. The van der Waals surface area contributed by atoms with Crippen LogP contribution in [0.25, 0.3) is 0 Å². The minimum Gasteiger partial charge on any atom is -0.389 e. The smallest absolute Gasteiger partial charge is 0.348 e. The van der Waals surface area contributed by atoms with Gasteiger partial charge in [-0.05, 0) is 6.92 Å². The topological polar surface area (TPSA) is 46.4 Å². The van der Waals surface area contributed by atoms with Gasteiger partial charge in [0.25, 0.3) is 0 Å². The van der Waals surface area contributed by atoms with Gasteiger partial charge in [0.05, 0.1) is 5.92 Å². The number of carbonyl (C=O) groups excluding carboxylic acids is 2. The van der Waals surface area contributed by atoms with Crippen molar-refractivity contribution in [2.45, 2.75) is 13.3 Å². The van der Waals surface area contributed by atoms with Crippen LogP contribution in [0.3, 0.4) is 0 Å². The molecule has 2 rings (SSSR count).